The predicted octanol–water partition coefficient (Wildman–Crippen LogP) is 4.34. The van der Waals surface area contributed by atoms with Crippen LogP contribution >= 0.6 is 15.9 Å². The zero-order valence-electron chi connectivity index (χ0n) is 15.0. The van der Waals surface area contributed by atoms with Gasteiger partial charge >= 0.3 is 0 Å². The minimum absolute atomic E-state index is 1.07. The van der Waals surface area contributed by atoms with Crippen molar-refractivity contribution in [1.29, 1.82) is 0 Å². The molecule has 1 N–H and O–H groups in total. The van der Waals surface area contributed by atoms with Gasteiger partial charge in [0.1, 0.15) is 0 Å². The Balaban J connectivity index is 2.05. The molecule has 1 heterocycles. The molecule has 0 aliphatic carbocycles. The highest BCUT2D eigenvalue weighted by Gasteiger charge is 2.11. The number of nitrogens with zero attached hydrogens (tertiary/aromatic N) is 2. The largest absolute Gasteiger partial charge is 0.345 e. The fourth-order valence-electron chi connectivity index (χ4n) is 3.28. The van der Waals surface area contributed by atoms with Gasteiger partial charge in [-0.2, -0.15) is 0 Å². The molecule has 1 aromatic carbocycles. The number of aromatic nitrogens is 1. The quantitative estimate of drug-likeness (QED) is 0.698. The third-order valence-corrected chi connectivity index (χ3v) is 5.17. The number of aryl methyl sites for hydroxylation is 2. The average Bonchev–Trinajstić information content (AvgIpc) is 2.77. The molecule has 2 aromatic rings. The minimum atomic E-state index is 1.07. The Labute approximate surface area is 149 Å². The molecule has 1 aromatic heterocycles. The van der Waals surface area contributed by atoms with Crippen LogP contribution in [0.15, 0.2) is 22.7 Å². The molecule has 3 nitrogen and oxygen atoms in total. The predicted molar refractivity (Wildman–Crippen MR) is 104 cm³/mol. The second-order valence-electron chi connectivity index (χ2n) is 6.32. The molecule has 2 rings (SSSR count). The SMILES string of the molecule is CCCN(CCCn1c(C)c(C)c2cc(Br)ccc21)CCNC. The van der Waals surface area contributed by atoms with Crippen molar-refractivity contribution in [1.82, 2.24) is 14.8 Å². The van der Waals surface area contributed by atoms with Gasteiger partial charge < -0.3 is 14.8 Å². The fraction of sp³-hybridized carbons (Fsp3) is 0.579. The molecule has 0 fully saturated rings. The van der Waals surface area contributed by atoms with E-state index in [-0.39, 0.29) is 0 Å². The first-order valence-corrected chi connectivity index (χ1v) is 9.49. The number of hydrogen-bond donors (Lipinski definition) is 1. The van der Waals surface area contributed by atoms with Crippen LogP contribution in [0.3, 0.4) is 0 Å². The van der Waals surface area contributed by atoms with E-state index in [9.17, 15) is 0 Å². The Bertz CT molecular complexity index is 633. The van der Waals surface area contributed by atoms with E-state index >= 15 is 0 Å². The van der Waals surface area contributed by atoms with Crippen molar-refractivity contribution in [2.45, 2.75) is 40.2 Å². The molecule has 4 heteroatoms. The van der Waals surface area contributed by atoms with E-state index in [0.717, 1.165) is 24.1 Å². The second kappa shape index (κ2) is 8.86. The average molecular weight is 380 g/mol. The molecule has 23 heavy (non-hydrogen) atoms. The van der Waals surface area contributed by atoms with Gasteiger partial charge in [0.2, 0.25) is 0 Å². The lowest BCUT2D eigenvalue weighted by atomic mass is 10.2. The van der Waals surface area contributed by atoms with Crippen molar-refractivity contribution in [3.8, 4) is 0 Å². The maximum Gasteiger partial charge on any atom is 0.0485 e. The van der Waals surface area contributed by atoms with E-state index in [4.69, 9.17) is 0 Å². The van der Waals surface area contributed by atoms with Crippen LogP contribution in [0.1, 0.15) is 31.0 Å². The number of nitrogens with one attached hydrogen (secondary N) is 1. The number of fused-ring (bicyclic) bond motifs is 1. The normalized spacial score (nSPS) is 11.7. The van der Waals surface area contributed by atoms with Crippen molar-refractivity contribution in [3.63, 3.8) is 0 Å². The van der Waals surface area contributed by atoms with Crippen LogP contribution in [-0.2, 0) is 6.54 Å². The van der Waals surface area contributed by atoms with Crippen molar-refractivity contribution < 1.29 is 0 Å². The van der Waals surface area contributed by atoms with Gasteiger partial charge in [0.05, 0.1) is 0 Å². The lowest BCUT2D eigenvalue weighted by molar-refractivity contribution is 0.267. The Morgan fingerprint density at radius 1 is 1.17 bits per heavy atom. The Morgan fingerprint density at radius 2 is 1.96 bits per heavy atom. The number of hydrogen-bond acceptors (Lipinski definition) is 2. The number of rotatable bonds is 9. The standard InChI is InChI=1S/C19H30BrN3/c1-5-10-22(13-9-21-4)11-6-12-23-16(3)15(2)18-14-17(20)7-8-19(18)23/h7-8,14,21H,5-6,9-13H2,1-4H3. The molecule has 0 aliphatic rings. The van der Waals surface area contributed by atoms with Gasteiger partial charge in [-0.05, 0) is 70.6 Å². The van der Waals surface area contributed by atoms with Gasteiger partial charge in [0.15, 0.2) is 0 Å². The number of likely N-dealkylation sites (N-methyl/N-ethyl adjacent to an activating group) is 1. The van der Waals surface area contributed by atoms with E-state index < -0.39 is 0 Å². The summed E-state index contributed by atoms with van der Waals surface area (Å²) >= 11 is 3.59. The van der Waals surface area contributed by atoms with E-state index in [1.807, 2.05) is 7.05 Å². The van der Waals surface area contributed by atoms with Gasteiger partial charge in [-0.1, -0.05) is 22.9 Å². The van der Waals surface area contributed by atoms with Crippen LogP contribution in [-0.4, -0.2) is 42.7 Å². The lowest BCUT2D eigenvalue weighted by Crippen LogP contribution is -2.32. The summed E-state index contributed by atoms with van der Waals surface area (Å²) in [5.41, 5.74) is 4.16. The summed E-state index contributed by atoms with van der Waals surface area (Å²) in [6, 6.07) is 6.63. The van der Waals surface area contributed by atoms with E-state index in [1.165, 1.54) is 48.1 Å². The summed E-state index contributed by atoms with van der Waals surface area (Å²) < 4.78 is 3.64. The van der Waals surface area contributed by atoms with E-state index in [1.54, 1.807) is 0 Å². The highest BCUT2D eigenvalue weighted by molar-refractivity contribution is 9.10. The Kier molecular flexibility index (Phi) is 7.12. The molecule has 0 bridgehead atoms. The maximum absolute atomic E-state index is 3.59. The molecule has 0 amide bonds. The van der Waals surface area contributed by atoms with Crippen LogP contribution in [0.25, 0.3) is 10.9 Å². The van der Waals surface area contributed by atoms with E-state index in [0.29, 0.717) is 0 Å². The Morgan fingerprint density at radius 3 is 2.65 bits per heavy atom. The number of benzene rings is 1. The van der Waals surface area contributed by atoms with Crippen molar-refractivity contribution in [2.24, 2.45) is 0 Å². The van der Waals surface area contributed by atoms with Crippen LogP contribution in [0.5, 0.6) is 0 Å². The topological polar surface area (TPSA) is 20.2 Å². The zero-order chi connectivity index (χ0) is 16.8. The first-order chi connectivity index (χ1) is 11.1. The minimum Gasteiger partial charge on any atom is -0.345 e. The van der Waals surface area contributed by atoms with E-state index in [2.05, 4.69) is 69.7 Å². The molecule has 0 radical (unpaired) electrons. The first kappa shape index (κ1) is 18.5. The van der Waals surface area contributed by atoms with Gasteiger partial charge in [0.25, 0.3) is 0 Å². The molecule has 128 valence electrons. The number of halogens is 1. The molecule has 0 saturated heterocycles. The lowest BCUT2D eigenvalue weighted by Gasteiger charge is -2.22. The maximum atomic E-state index is 3.59. The summed E-state index contributed by atoms with van der Waals surface area (Å²) in [6.07, 6.45) is 2.42. The van der Waals surface area contributed by atoms with Crippen LogP contribution in [0.4, 0.5) is 0 Å². The fourth-order valence-corrected chi connectivity index (χ4v) is 3.65. The van der Waals surface area contributed by atoms with Crippen LogP contribution in [0, 0.1) is 13.8 Å². The summed E-state index contributed by atoms with van der Waals surface area (Å²) in [5.74, 6) is 0. The monoisotopic (exact) mass is 379 g/mol. The Hall–Kier alpha value is -0.840. The second-order valence-corrected chi connectivity index (χ2v) is 7.24. The summed E-state index contributed by atoms with van der Waals surface area (Å²) in [4.78, 5) is 2.57. The van der Waals surface area contributed by atoms with Crippen molar-refractivity contribution in [2.75, 3.05) is 33.2 Å². The highest BCUT2D eigenvalue weighted by atomic mass is 79.9. The van der Waals surface area contributed by atoms with Gasteiger partial charge in [-0.15, -0.1) is 0 Å². The van der Waals surface area contributed by atoms with Gasteiger partial charge in [0, 0.05) is 40.7 Å². The molecular weight excluding hydrogens is 350 g/mol. The third-order valence-electron chi connectivity index (χ3n) is 4.67. The molecule has 0 spiro atoms. The van der Waals surface area contributed by atoms with Gasteiger partial charge in [-0.25, -0.2) is 0 Å². The van der Waals surface area contributed by atoms with Gasteiger partial charge in [-0.3, -0.25) is 0 Å². The summed E-state index contributed by atoms with van der Waals surface area (Å²) in [7, 11) is 2.03. The molecular formula is C19H30BrN3. The summed E-state index contributed by atoms with van der Waals surface area (Å²) in [5, 5.41) is 4.63. The van der Waals surface area contributed by atoms with Crippen molar-refractivity contribution in [3.05, 3.63) is 33.9 Å². The first-order valence-electron chi connectivity index (χ1n) is 8.70. The molecule has 0 saturated carbocycles. The highest BCUT2D eigenvalue weighted by Crippen LogP contribution is 2.28. The van der Waals surface area contributed by atoms with Crippen molar-refractivity contribution >= 4 is 26.8 Å². The molecule has 0 unspecified atom stereocenters. The molecule has 0 atom stereocenters. The van der Waals surface area contributed by atoms with Crippen LogP contribution < -0.4 is 5.32 Å². The smallest absolute Gasteiger partial charge is 0.0485 e. The molecule has 0 aliphatic heterocycles. The third kappa shape index (κ3) is 4.59. The van der Waals surface area contributed by atoms with Crippen LogP contribution in [0.2, 0.25) is 0 Å². The zero-order valence-corrected chi connectivity index (χ0v) is 16.5. The summed E-state index contributed by atoms with van der Waals surface area (Å²) in [6.45, 7) is 12.4.